The van der Waals surface area contributed by atoms with Crippen LogP contribution in [0.2, 0.25) is 0 Å². The van der Waals surface area contributed by atoms with Crippen LogP contribution in [0.25, 0.3) is 0 Å². The van der Waals surface area contributed by atoms with Gasteiger partial charge >= 0.3 is 0 Å². The zero-order valence-corrected chi connectivity index (χ0v) is 19.6. The summed E-state index contributed by atoms with van der Waals surface area (Å²) >= 11 is 0. The number of primary amides is 1. The number of anilines is 2. The number of nitrogens with two attached hydrogens (primary N) is 1. The van der Waals surface area contributed by atoms with Crippen molar-refractivity contribution in [1.82, 2.24) is 0 Å². The Balaban J connectivity index is 1.97. The second-order valence-electron chi connectivity index (χ2n) is 8.03. The molecule has 7 nitrogen and oxygen atoms in total. The van der Waals surface area contributed by atoms with E-state index in [-0.39, 0.29) is 22.1 Å². The summed E-state index contributed by atoms with van der Waals surface area (Å²) in [6, 6.07) is 19.8. The fraction of sp³-hybridized carbons (Fsp3) is 0.200. The molecule has 0 fully saturated rings. The number of carbonyl (C=O) groups is 2. The summed E-state index contributed by atoms with van der Waals surface area (Å²) in [6.07, 6.45) is 0. The lowest BCUT2D eigenvalue weighted by Crippen LogP contribution is -2.38. The Hall–Kier alpha value is -3.65. The van der Waals surface area contributed by atoms with Crippen molar-refractivity contribution in [1.29, 1.82) is 0 Å². The van der Waals surface area contributed by atoms with Crippen molar-refractivity contribution >= 4 is 33.2 Å². The molecular formula is C25H27N3O4S. The van der Waals surface area contributed by atoms with Gasteiger partial charge in [0.25, 0.3) is 15.9 Å². The van der Waals surface area contributed by atoms with Crippen molar-refractivity contribution in [2.75, 3.05) is 16.2 Å². The molecule has 33 heavy (non-hydrogen) atoms. The molecule has 0 aromatic heterocycles. The van der Waals surface area contributed by atoms with E-state index in [0.717, 1.165) is 15.4 Å². The van der Waals surface area contributed by atoms with Gasteiger partial charge in [-0.3, -0.25) is 13.9 Å². The summed E-state index contributed by atoms with van der Waals surface area (Å²) in [5.41, 5.74) is 8.07. The topological polar surface area (TPSA) is 110 Å². The third kappa shape index (κ3) is 5.59. The largest absolute Gasteiger partial charge is 0.366 e. The van der Waals surface area contributed by atoms with Crippen molar-refractivity contribution in [3.63, 3.8) is 0 Å². The van der Waals surface area contributed by atoms with Gasteiger partial charge in [0.05, 0.1) is 21.8 Å². The lowest BCUT2D eigenvalue weighted by atomic mass is 10.0. The summed E-state index contributed by atoms with van der Waals surface area (Å²) in [5.74, 6) is -1.03. The molecular weight excluding hydrogens is 438 g/mol. The third-order valence-corrected chi connectivity index (χ3v) is 7.00. The summed E-state index contributed by atoms with van der Waals surface area (Å²) in [6.45, 7) is 5.46. The van der Waals surface area contributed by atoms with E-state index in [1.54, 1.807) is 36.4 Å². The zero-order valence-electron chi connectivity index (χ0n) is 18.8. The van der Waals surface area contributed by atoms with Gasteiger partial charge in [0.2, 0.25) is 5.91 Å². The molecule has 0 unspecified atom stereocenters. The van der Waals surface area contributed by atoms with Gasteiger partial charge in [-0.25, -0.2) is 8.42 Å². The SMILES string of the molecule is Cc1ccc(S(=O)(=O)N(CC(=O)Nc2ccccc2C(N)=O)c2ccc(C(C)C)cc2)cc1. The second kappa shape index (κ2) is 9.87. The summed E-state index contributed by atoms with van der Waals surface area (Å²) < 4.78 is 28.1. The van der Waals surface area contributed by atoms with E-state index in [9.17, 15) is 18.0 Å². The normalized spacial score (nSPS) is 11.3. The molecule has 3 N–H and O–H groups in total. The number of nitrogens with one attached hydrogen (secondary N) is 1. The van der Waals surface area contributed by atoms with Crippen LogP contribution in [0.3, 0.4) is 0 Å². The Labute approximate surface area is 194 Å². The number of amides is 2. The highest BCUT2D eigenvalue weighted by atomic mass is 32.2. The van der Waals surface area contributed by atoms with Crippen LogP contribution in [0.4, 0.5) is 11.4 Å². The van der Waals surface area contributed by atoms with E-state index in [2.05, 4.69) is 5.32 Å². The molecule has 0 spiro atoms. The van der Waals surface area contributed by atoms with Crippen LogP contribution in [-0.2, 0) is 14.8 Å². The minimum atomic E-state index is -4.04. The number of hydrogen-bond donors (Lipinski definition) is 2. The van der Waals surface area contributed by atoms with E-state index in [1.165, 1.54) is 24.3 Å². The maximum atomic E-state index is 13.5. The summed E-state index contributed by atoms with van der Waals surface area (Å²) in [7, 11) is -4.04. The van der Waals surface area contributed by atoms with Crippen molar-refractivity contribution in [2.45, 2.75) is 31.6 Å². The zero-order chi connectivity index (χ0) is 24.2. The molecule has 8 heteroatoms. The molecule has 0 bridgehead atoms. The smallest absolute Gasteiger partial charge is 0.264 e. The lowest BCUT2D eigenvalue weighted by molar-refractivity contribution is -0.114. The van der Waals surface area contributed by atoms with E-state index < -0.39 is 28.4 Å². The minimum Gasteiger partial charge on any atom is -0.366 e. The first-order valence-electron chi connectivity index (χ1n) is 10.5. The van der Waals surface area contributed by atoms with Gasteiger partial charge in [0.15, 0.2) is 0 Å². The van der Waals surface area contributed by atoms with Gasteiger partial charge in [0, 0.05) is 0 Å². The van der Waals surface area contributed by atoms with Crippen molar-refractivity contribution in [3.8, 4) is 0 Å². The van der Waals surface area contributed by atoms with Crippen LogP contribution in [0.5, 0.6) is 0 Å². The van der Waals surface area contributed by atoms with Crippen molar-refractivity contribution < 1.29 is 18.0 Å². The van der Waals surface area contributed by atoms with Gasteiger partial charge in [-0.1, -0.05) is 55.8 Å². The van der Waals surface area contributed by atoms with Crippen LogP contribution in [0.1, 0.15) is 41.3 Å². The Morgan fingerprint density at radius 1 is 0.939 bits per heavy atom. The fourth-order valence-corrected chi connectivity index (χ4v) is 4.73. The average molecular weight is 466 g/mol. The molecule has 0 heterocycles. The quantitative estimate of drug-likeness (QED) is 0.523. The minimum absolute atomic E-state index is 0.0753. The molecule has 0 aliphatic carbocycles. The van der Waals surface area contributed by atoms with E-state index in [4.69, 9.17) is 5.73 Å². The molecule has 3 aromatic rings. The van der Waals surface area contributed by atoms with Gasteiger partial charge < -0.3 is 11.1 Å². The summed E-state index contributed by atoms with van der Waals surface area (Å²) in [5, 5.41) is 2.61. The lowest BCUT2D eigenvalue weighted by Gasteiger charge is -2.25. The van der Waals surface area contributed by atoms with Crippen LogP contribution in [0.15, 0.2) is 77.7 Å². The van der Waals surface area contributed by atoms with Gasteiger partial charge in [-0.2, -0.15) is 0 Å². The number of sulfonamides is 1. The van der Waals surface area contributed by atoms with Crippen LogP contribution in [-0.4, -0.2) is 26.8 Å². The van der Waals surface area contributed by atoms with Crippen LogP contribution >= 0.6 is 0 Å². The highest BCUT2D eigenvalue weighted by molar-refractivity contribution is 7.92. The van der Waals surface area contributed by atoms with Gasteiger partial charge in [-0.05, 0) is 54.8 Å². The summed E-state index contributed by atoms with van der Waals surface area (Å²) in [4.78, 5) is 24.7. The molecule has 3 rings (SSSR count). The Morgan fingerprint density at radius 2 is 1.55 bits per heavy atom. The number of benzene rings is 3. The highest BCUT2D eigenvalue weighted by Crippen LogP contribution is 2.26. The molecule has 0 radical (unpaired) electrons. The third-order valence-electron chi connectivity index (χ3n) is 5.21. The molecule has 0 aliphatic rings. The monoisotopic (exact) mass is 465 g/mol. The number of hydrogen-bond acceptors (Lipinski definition) is 4. The second-order valence-corrected chi connectivity index (χ2v) is 9.89. The molecule has 0 saturated heterocycles. The van der Waals surface area contributed by atoms with E-state index in [1.807, 2.05) is 32.9 Å². The van der Waals surface area contributed by atoms with Crippen molar-refractivity contribution in [3.05, 3.63) is 89.5 Å². The molecule has 3 aromatic carbocycles. The standard InChI is InChI=1S/C25H27N3O4S/c1-17(2)19-10-12-20(13-11-19)28(33(31,32)21-14-8-18(3)9-15-21)16-24(29)27-23-7-5-4-6-22(23)25(26)30/h4-15,17H,16H2,1-3H3,(H2,26,30)(H,27,29). The first-order valence-corrected chi connectivity index (χ1v) is 11.9. The Bertz CT molecular complexity index is 1250. The highest BCUT2D eigenvalue weighted by Gasteiger charge is 2.27. The first kappa shape index (κ1) is 24.0. The van der Waals surface area contributed by atoms with Crippen LogP contribution in [0, 0.1) is 6.92 Å². The van der Waals surface area contributed by atoms with Crippen LogP contribution < -0.4 is 15.4 Å². The van der Waals surface area contributed by atoms with E-state index >= 15 is 0 Å². The number of carbonyl (C=O) groups excluding carboxylic acids is 2. The van der Waals surface area contributed by atoms with Gasteiger partial charge in [0.1, 0.15) is 6.54 Å². The number of nitrogens with zero attached hydrogens (tertiary/aromatic N) is 1. The molecule has 172 valence electrons. The maximum absolute atomic E-state index is 13.5. The molecule has 0 aliphatic heterocycles. The predicted octanol–water partition coefficient (Wildman–Crippen LogP) is 4.05. The van der Waals surface area contributed by atoms with Crippen molar-refractivity contribution in [2.24, 2.45) is 5.73 Å². The number of para-hydroxylation sites is 1. The first-order chi connectivity index (χ1) is 15.6. The molecule has 0 atom stereocenters. The number of aryl methyl sites for hydroxylation is 1. The molecule has 2 amide bonds. The van der Waals surface area contributed by atoms with E-state index in [0.29, 0.717) is 5.69 Å². The number of rotatable bonds is 8. The Kier molecular flexibility index (Phi) is 7.18. The maximum Gasteiger partial charge on any atom is 0.264 e. The Morgan fingerprint density at radius 3 is 2.12 bits per heavy atom. The predicted molar refractivity (Wildman–Crippen MR) is 130 cm³/mol. The van der Waals surface area contributed by atoms with Gasteiger partial charge in [-0.15, -0.1) is 0 Å². The average Bonchev–Trinajstić information content (AvgIpc) is 2.78. The fourth-order valence-electron chi connectivity index (χ4n) is 3.31. The molecule has 0 saturated carbocycles.